The van der Waals surface area contributed by atoms with Gasteiger partial charge in [0.1, 0.15) is 18.2 Å². The number of nitrogens with one attached hydrogen (secondary N) is 1. The predicted octanol–water partition coefficient (Wildman–Crippen LogP) is 3.87. The molecule has 0 saturated carbocycles. The van der Waals surface area contributed by atoms with Gasteiger partial charge < -0.3 is 30.5 Å². The maximum atomic E-state index is 10.5. The van der Waals surface area contributed by atoms with Gasteiger partial charge in [-0.3, -0.25) is 9.69 Å². The molecule has 0 fully saturated rings. The third-order valence-electron chi connectivity index (χ3n) is 4.73. The second-order valence-electron chi connectivity index (χ2n) is 7.09. The van der Waals surface area contributed by atoms with Crippen molar-refractivity contribution in [3.63, 3.8) is 0 Å². The molecule has 8 nitrogen and oxygen atoms in total. The molecule has 0 aliphatic heterocycles. The Hall–Kier alpha value is -3.17. The lowest BCUT2D eigenvalue weighted by Crippen LogP contribution is -2.34. The number of fused-ring (bicyclic) bond motifs is 1. The highest BCUT2D eigenvalue weighted by molar-refractivity contribution is 6.32. The normalized spacial score (nSPS) is 10.7. The van der Waals surface area contributed by atoms with E-state index >= 15 is 0 Å². The summed E-state index contributed by atoms with van der Waals surface area (Å²) in [5, 5.41) is 18.6. The van der Waals surface area contributed by atoms with E-state index in [4.69, 9.17) is 42.1 Å². The lowest BCUT2D eigenvalue weighted by Gasteiger charge is -2.22. The number of methoxy groups -OCH3 is 2. The number of carbonyl (C=O) groups excluding carboxylic acids is 1. The maximum Gasteiger partial charge on any atom is 0.248 e. The molecule has 0 unspecified atom stereocenters. The van der Waals surface area contributed by atoms with Crippen molar-refractivity contribution < 1.29 is 24.1 Å². The van der Waals surface area contributed by atoms with E-state index in [9.17, 15) is 4.79 Å². The largest absolute Gasteiger partial charge is 0.506 e. The smallest absolute Gasteiger partial charge is 0.248 e. The Kier molecular flexibility index (Phi) is 10.1. The standard InChI is InChI=1S/C17H22N2O3.C7H6ClNO2/c1-19(11-17(20-2)21-3)12-22-16-9-8-13(10-18)14-6-4-5-7-15(14)16;8-5-3-4(7(9)11)1-2-6(5)10/h4-10,17-18H,11-12H2,1-3H3;1-3,10H,(H2,9,11). The third-order valence-corrected chi connectivity index (χ3v) is 5.04. The fraction of sp³-hybridized carbons (Fsp3) is 0.250. The highest BCUT2D eigenvalue weighted by Gasteiger charge is 2.11. The summed E-state index contributed by atoms with van der Waals surface area (Å²) in [6.07, 6.45) is 1.09. The summed E-state index contributed by atoms with van der Waals surface area (Å²) in [7, 11) is 5.18. The molecule has 0 saturated heterocycles. The van der Waals surface area contributed by atoms with Gasteiger partial charge in [-0.25, -0.2) is 0 Å². The van der Waals surface area contributed by atoms with Crippen molar-refractivity contribution in [2.24, 2.45) is 5.73 Å². The van der Waals surface area contributed by atoms with E-state index in [1.165, 1.54) is 24.4 Å². The summed E-state index contributed by atoms with van der Waals surface area (Å²) in [4.78, 5) is 12.5. The van der Waals surface area contributed by atoms with Crippen LogP contribution in [0.3, 0.4) is 0 Å². The number of benzene rings is 3. The molecule has 0 aliphatic carbocycles. The molecule has 0 bridgehead atoms. The molecule has 0 aromatic heterocycles. The highest BCUT2D eigenvalue weighted by atomic mass is 35.5. The first kappa shape index (κ1) is 26.1. The summed E-state index contributed by atoms with van der Waals surface area (Å²) >= 11 is 5.50. The van der Waals surface area contributed by atoms with E-state index in [1.807, 2.05) is 48.3 Å². The van der Waals surface area contributed by atoms with Crippen LogP contribution < -0.4 is 10.5 Å². The van der Waals surface area contributed by atoms with Gasteiger partial charge in [-0.05, 0) is 42.8 Å². The SMILES string of the molecule is COC(CN(C)COc1ccc(C=N)c2ccccc12)OC.NC(=O)c1ccc(O)c(Cl)c1. The van der Waals surface area contributed by atoms with E-state index in [-0.39, 0.29) is 22.6 Å². The first-order chi connectivity index (χ1) is 15.8. The van der Waals surface area contributed by atoms with E-state index in [1.54, 1.807) is 14.2 Å². The fourth-order valence-corrected chi connectivity index (χ4v) is 3.12. The number of phenolic OH excluding ortho intramolecular Hbond substituents is 1. The zero-order valence-electron chi connectivity index (χ0n) is 18.7. The summed E-state index contributed by atoms with van der Waals surface area (Å²) in [6, 6.07) is 15.8. The lowest BCUT2D eigenvalue weighted by atomic mass is 10.0. The van der Waals surface area contributed by atoms with Crippen molar-refractivity contribution in [3.05, 3.63) is 70.7 Å². The van der Waals surface area contributed by atoms with Gasteiger partial charge in [-0.1, -0.05) is 35.9 Å². The number of hydrogen-bond acceptors (Lipinski definition) is 7. The molecule has 0 heterocycles. The number of phenols is 1. The molecule has 1 amide bonds. The van der Waals surface area contributed by atoms with Crippen LogP contribution in [0.2, 0.25) is 5.02 Å². The number of nitrogens with zero attached hydrogens (tertiary/aromatic N) is 1. The number of aromatic hydroxyl groups is 1. The van der Waals surface area contributed by atoms with E-state index < -0.39 is 5.91 Å². The van der Waals surface area contributed by atoms with Gasteiger partial charge in [0, 0.05) is 36.9 Å². The number of halogens is 1. The van der Waals surface area contributed by atoms with E-state index in [0.29, 0.717) is 13.3 Å². The third kappa shape index (κ3) is 7.44. The van der Waals surface area contributed by atoms with Gasteiger partial charge >= 0.3 is 0 Å². The number of likely N-dealkylation sites (N-methyl/N-ethyl adjacent to an activating group) is 1. The number of nitrogens with two attached hydrogens (primary N) is 1. The molecule has 33 heavy (non-hydrogen) atoms. The molecule has 3 aromatic rings. The van der Waals surface area contributed by atoms with Crippen LogP contribution >= 0.6 is 11.6 Å². The van der Waals surface area contributed by atoms with Crippen LogP contribution in [0.15, 0.2) is 54.6 Å². The second kappa shape index (κ2) is 12.8. The first-order valence-electron chi connectivity index (χ1n) is 9.98. The van der Waals surface area contributed by atoms with Crippen LogP contribution in [-0.2, 0) is 9.47 Å². The Morgan fingerprint density at radius 1 is 1.15 bits per heavy atom. The van der Waals surface area contributed by atoms with Gasteiger partial charge in [-0.2, -0.15) is 0 Å². The lowest BCUT2D eigenvalue weighted by molar-refractivity contribution is -0.118. The quantitative estimate of drug-likeness (QED) is 0.320. The van der Waals surface area contributed by atoms with E-state index in [2.05, 4.69) is 0 Å². The summed E-state index contributed by atoms with van der Waals surface area (Å²) in [5.41, 5.74) is 6.12. The Morgan fingerprint density at radius 3 is 2.39 bits per heavy atom. The van der Waals surface area contributed by atoms with Gasteiger partial charge in [0.2, 0.25) is 5.91 Å². The number of amides is 1. The van der Waals surface area contributed by atoms with Crippen LogP contribution in [0.1, 0.15) is 15.9 Å². The molecular weight excluding hydrogens is 446 g/mol. The molecule has 0 aliphatic rings. The Bertz CT molecular complexity index is 1090. The minimum absolute atomic E-state index is 0.0586. The van der Waals surface area contributed by atoms with Crippen molar-refractivity contribution in [1.82, 2.24) is 4.90 Å². The molecule has 3 rings (SSSR count). The topological polar surface area (TPSA) is 118 Å². The minimum Gasteiger partial charge on any atom is -0.506 e. The average Bonchev–Trinajstić information content (AvgIpc) is 2.82. The van der Waals surface area contributed by atoms with Gasteiger partial charge in [-0.15, -0.1) is 0 Å². The van der Waals surface area contributed by atoms with E-state index in [0.717, 1.165) is 22.1 Å². The van der Waals surface area contributed by atoms with Crippen LogP contribution in [0.5, 0.6) is 11.5 Å². The number of primary amides is 1. The number of ether oxygens (including phenoxy) is 3. The summed E-state index contributed by atoms with van der Waals surface area (Å²) in [6.45, 7) is 1.04. The fourth-order valence-electron chi connectivity index (χ4n) is 2.94. The highest BCUT2D eigenvalue weighted by Crippen LogP contribution is 2.28. The molecule has 9 heteroatoms. The molecule has 0 radical (unpaired) electrons. The molecule has 3 aromatic carbocycles. The Balaban J connectivity index is 0.000000294. The molecule has 0 atom stereocenters. The van der Waals surface area contributed by atoms with Gasteiger partial charge in [0.15, 0.2) is 6.29 Å². The van der Waals surface area contributed by atoms with Crippen molar-refractivity contribution in [1.29, 1.82) is 5.41 Å². The van der Waals surface area contributed by atoms with Crippen molar-refractivity contribution >= 4 is 34.5 Å². The zero-order chi connectivity index (χ0) is 24.4. The number of carbonyl (C=O) groups is 1. The van der Waals surface area contributed by atoms with Gasteiger partial charge in [0.25, 0.3) is 0 Å². The summed E-state index contributed by atoms with van der Waals surface area (Å²) < 4.78 is 16.3. The monoisotopic (exact) mass is 473 g/mol. The van der Waals surface area contributed by atoms with Crippen molar-refractivity contribution in [2.45, 2.75) is 6.29 Å². The van der Waals surface area contributed by atoms with Crippen LogP contribution in [0.25, 0.3) is 10.8 Å². The maximum absolute atomic E-state index is 10.5. The van der Waals surface area contributed by atoms with Gasteiger partial charge in [0.05, 0.1) is 11.6 Å². The molecule has 176 valence electrons. The predicted molar refractivity (Wildman–Crippen MR) is 129 cm³/mol. The molecule has 4 N–H and O–H groups in total. The molecule has 0 spiro atoms. The number of hydrogen-bond donors (Lipinski definition) is 3. The Labute approximate surface area is 197 Å². The second-order valence-corrected chi connectivity index (χ2v) is 7.49. The first-order valence-corrected chi connectivity index (χ1v) is 10.4. The van der Waals surface area contributed by atoms with Crippen molar-refractivity contribution in [2.75, 3.05) is 34.5 Å². The van der Waals surface area contributed by atoms with Crippen LogP contribution in [0.4, 0.5) is 0 Å². The zero-order valence-corrected chi connectivity index (χ0v) is 19.5. The minimum atomic E-state index is -0.563. The van der Waals surface area contributed by atoms with Crippen LogP contribution in [-0.4, -0.2) is 63.0 Å². The molecular formula is C24H28ClN3O5. The van der Waals surface area contributed by atoms with Crippen molar-refractivity contribution in [3.8, 4) is 11.5 Å². The number of rotatable bonds is 9. The average molecular weight is 474 g/mol. The summed E-state index contributed by atoms with van der Waals surface area (Å²) in [5.74, 6) is 0.183. The Morgan fingerprint density at radius 2 is 1.82 bits per heavy atom. The van der Waals surface area contributed by atoms with Crippen LogP contribution in [0, 0.1) is 5.41 Å².